The van der Waals surface area contributed by atoms with Crippen LogP contribution in [0.3, 0.4) is 0 Å². The largest absolute Gasteiger partial charge is 0.496 e. The number of anilines is 1. The minimum atomic E-state index is -0.0167. The van der Waals surface area contributed by atoms with E-state index < -0.39 is 0 Å². The lowest BCUT2D eigenvalue weighted by Gasteiger charge is -2.10. The van der Waals surface area contributed by atoms with Gasteiger partial charge in [0.05, 0.1) is 7.11 Å². The molecular formula is C19H21N3O2. The summed E-state index contributed by atoms with van der Waals surface area (Å²) < 4.78 is 7.39. The highest BCUT2D eigenvalue weighted by molar-refractivity contribution is 5.95. The van der Waals surface area contributed by atoms with Crippen molar-refractivity contribution in [1.29, 1.82) is 0 Å². The lowest BCUT2D eigenvalue weighted by Crippen LogP contribution is -2.13. The number of hydrogen-bond acceptors (Lipinski definition) is 3. The Balaban J connectivity index is 2.21. The van der Waals surface area contributed by atoms with Gasteiger partial charge in [-0.3, -0.25) is 9.20 Å². The van der Waals surface area contributed by atoms with Crippen LogP contribution in [-0.2, 0) is 4.79 Å². The van der Waals surface area contributed by atoms with E-state index in [9.17, 15) is 4.79 Å². The standard InChI is InChI=1S/C19H21N3O2/c1-4-7-17(23)21-19-18(14-8-5-6-9-15(14)24-3)20-16-11-10-13(2)12-22(16)19/h5-6,8-12H,4,7H2,1-3H3,(H,21,23). The quantitative estimate of drug-likeness (QED) is 0.770. The van der Waals surface area contributed by atoms with Crippen molar-refractivity contribution in [1.82, 2.24) is 9.38 Å². The first kappa shape index (κ1) is 16.1. The van der Waals surface area contributed by atoms with Crippen LogP contribution < -0.4 is 10.1 Å². The van der Waals surface area contributed by atoms with Gasteiger partial charge < -0.3 is 10.1 Å². The Labute approximate surface area is 141 Å². The summed E-state index contributed by atoms with van der Waals surface area (Å²) in [5.74, 6) is 1.39. The van der Waals surface area contributed by atoms with E-state index in [0.717, 1.165) is 28.9 Å². The number of ether oxygens (including phenoxy) is 1. The number of pyridine rings is 1. The van der Waals surface area contributed by atoms with Crippen LogP contribution in [0.4, 0.5) is 5.82 Å². The summed E-state index contributed by atoms with van der Waals surface area (Å²) in [5.41, 5.74) is 3.45. The third-order valence-corrected chi connectivity index (χ3v) is 3.86. The van der Waals surface area contributed by atoms with Crippen molar-refractivity contribution < 1.29 is 9.53 Å². The Morgan fingerprint density at radius 1 is 1.25 bits per heavy atom. The van der Waals surface area contributed by atoms with Gasteiger partial charge >= 0.3 is 0 Å². The summed E-state index contributed by atoms with van der Waals surface area (Å²) in [6, 6.07) is 11.6. The number of para-hydroxylation sites is 1. The first-order chi connectivity index (χ1) is 11.6. The van der Waals surface area contributed by atoms with Crippen LogP contribution in [0.5, 0.6) is 5.75 Å². The van der Waals surface area contributed by atoms with Crippen LogP contribution in [0.2, 0.25) is 0 Å². The molecule has 3 rings (SSSR count). The van der Waals surface area contributed by atoms with Crippen LogP contribution >= 0.6 is 0 Å². The summed E-state index contributed by atoms with van der Waals surface area (Å²) in [6.45, 7) is 4.00. The summed E-state index contributed by atoms with van der Waals surface area (Å²) in [5, 5.41) is 3.02. The molecular weight excluding hydrogens is 302 g/mol. The number of carbonyl (C=O) groups excluding carboxylic acids is 1. The average molecular weight is 323 g/mol. The Kier molecular flexibility index (Phi) is 4.51. The van der Waals surface area contributed by atoms with Crippen LogP contribution in [0.25, 0.3) is 16.9 Å². The molecule has 2 aromatic heterocycles. The average Bonchev–Trinajstić information content (AvgIpc) is 2.92. The molecule has 0 aliphatic rings. The number of carbonyl (C=O) groups is 1. The molecule has 1 amide bonds. The molecule has 24 heavy (non-hydrogen) atoms. The topological polar surface area (TPSA) is 55.6 Å². The number of imidazole rings is 1. The molecule has 2 heterocycles. The zero-order valence-electron chi connectivity index (χ0n) is 14.2. The first-order valence-electron chi connectivity index (χ1n) is 8.06. The molecule has 0 aliphatic heterocycles. The molecule has 0 unspecified atom stereocenters. The molecule has 124 valence electrons. The van der Waals surface area contributed by atoms with Crippen molar-refractivity contribution in [3.05, 3.63) is 48.2 Å². The molecule has 0 aliphatic carbocycles. The highest BCUT2D eigenvalue weighted by Crippen LogP contribution is 2.35. The first-order valence-corrected chi connectivity index (χ1v) is 8.06. The summed E-state index contributed by atoms with van der Waals surface area (Å²) in [7, 11) is 1.63. The van der Waals surface area contributed by atoms with Crippen molar-refractivity contribution in [2.45, 2.75) is 26.7 Å². The van der Waals surface area contributed by atoms with Gasteiger partial charge in [0.1, 0.15) is 22.9 Å². The van der Waals surface area contributed by atoms with Gasteiger partial charge in [-0.15, -0.1) is 0 Å². The Morgan fingerprint density at radius 3 is 2.79 bits per heavy atom. The molecule has 0 fully saturated rings. The number of aryl methyl sites for hydroxylation is 1. The number of fused-ring (bicyclic) bond motifs is 1. The minimum absolute atomic E-state index is 0.0167. The van der Waals surface area contributed by atoms with Gasteiger partial charge in [0, 0.05) is 18.2 Å². The van der Waals surface area contributed by atoms with Crippen molar-refractivity contribution in [2.75, 3.05) is 12.4 Å². The second-order valence-electron chi connectivity index (χ2n) is 5.74. The van der Waals surface area contributed by atoms with Gasteiger partial charge in [-0.25, -0.2) is 4.98 Å². The summed E-state index contributed by atoms with van der Waals surface area (Å²) >= 11 is 0. The maximum atomic E-state index is 12.2. The van der Waals surface area contributed by atoms with Crippen molar-refractivity contribution in [3.8, 4) is 17.0 Å². The molecule has 1 N–H and O–H groups in total. The zero-order valence-corrected chi connectivity index (χ0v) is 14.2. The van der Waals surface area contributed by atoms with Gasteiger partial charge in [-0.2, -0.15) is 0 Å². The lowest BCUT2D eigenvalue weighted by atomic mass is 10.1. The fraction of sp³-hybridized carbons (Fsp3) is 0.263. The molecule has 0 bridgehead atoms. The summed E-state index contributed by atoms with van der Waals surface area (Å²) in [4.78, 5) is 16.9. The maximum Gasteiger partial charge on any atom is 0.225 e. The molecule has 0 radical (unpaired) electrons. The molecule has 5 heteroatoms. The Bertz CT molecular complexity index is 883. The van der Waals surface area contributed by atoms with E-state index in [1.54, 1.807) is 7.11 Å². The number of aromatic nitrogens is 2. The second-order valence-corrected chi connectivity index (χ2v) is 5.74. The smallest absolute Gasteiger partial charge is 0.225 e. The number of nitrogens with one attached hydrogen (secondary N) is 1. The highest BCUT2D eigenvalue weighted by atomic mass is 16.5. The van der Waals surface area contributed by atoms with Crippen LogP contribution in [0.15, 0.2) is 42.6 Å². The number of methoxy groups -OCH3 is 1. The second kappa shape index (κ2) is 6.74. The Hall–Kier alpha value is -2.82. The van der Waals surface area contributed by atoms with E-state index in [4.69, 9.17) is 9.72 Å². The van der Waals surface area contributed by atoms with Gasteiger partial charge in [-0.05, 0) is 37.1 Å². The predicted octanol–water partition coefficient (Wildman–Crippen LogP) is 4.06. The third kappa shape index (κ3) is 2.97. The molecule has 1 aromatic carbocycles. The van der Waals surface area contributed by atoms with Crippen LogP contribution in [0.1, 0.15) is 25.3 Å². The number of rotatable bonds is 5. The fourth-order valence-electron chi connectivity index (χ4n) is 2.72. The van der Waals surface area contributed by atoms with Crippen LogP contribution in [0, 0.1) is 6.92 Å². The van der Waals surface area contributed by atoms with Crippen LogP contribution in [-0.4, -0.2) is 22.4 Å². The van der Waals surface area contributed by atoms with Crippen molar-refractivity contribution >= 4 is 17.4 Å². The Morgan fingerprint density at radius 2 is 2.04 bits per heavy atom. The van der Waals surface area contributed by atoms with Gasteiger partial charge in [0.15, 0.2) is 0 Å². The van der Waals surface area contributed by atoms with Crippen molar-refractivity contribution in [2.24, 2.45) is 0 Å². The fourth-order valence-corrected chi connectivity index (χ4v) is 2.72. The minimum Gasteiger partial charge on any atom is -0.496 e. The number of hydrogen-bond donors (Lipinski definition) is 1. The normalized spacial score (nSPS) is 10.8. The SMILES string of the molecule is CCCC(=O)Nc1c(-c2ccccc2OC)nc2ccc(C)cn12. The van der Waals surface area contributed by atoms with Gasteiger partial charge in [-0.1, -0.05) is 25.1 Å². The van der Waals surface area contributed by atoms with Crippen molar-refractivity contribution in [3.63, 3.8) is 0 Å². The predicted molar refractivity (Wildman–Crippen MR) is 95.5 cm³/mol. The number of benzene rings is 1. The molecule has 0 saturated carbocycles. The monoisotopic (exact) mass is 323 g/mol. The third-order valence-electron chi connectivity index (χ3n) is 3.86. The van der Waals surface area contributed by atoms with E-state index >= 15 is 0 Å². The molecule has 0 saturated heterocycles. The molecule has 5 nitrogen and oxygen atoms in total. The summed E-state index contributed by atoms with van der Waals surface area (Å²) in [6.07, 6.45) is 3.25. The lowest BCUT2D eigenvalue weighted by molar-refractivity contribution is -0.116. The maximum absolute atomic E-state index is 12.2. The van der Waals surface area contributed by atoms with Gasteiger partial charge in [0.2, 0.25) is 5.91 Å². The van der Waals surface area contributed by atoms with Gasteiger partial charge in [0.25, 0.3) is 0 Å². The molecule has 0 spiro atoms. The molecule has 3 aromatic rings. The van der Waals surface area contributed by atoms with E-state index in [2.05, 4.69) is 5.32 Å². The van der Waals surface area contributed by atoms with E-state index in [0.29, 0.717) is 17.9 Å². The molecule has 0 atom stereocenters. The van der Waals surface area contributed by atoms with E-state index in [-0.39, 0.29) is 5.91 Å². The number of nitrogens with zero attached hydrogens (tertiary/aromatic N) is 2. The van der Waals surface area contributed by atoms with E-state index in [1.807, 2.05) is 60.8 Å². The number of amides is 1. The zero-order chi connectivity index (χ0) is 17.1. The van der Waals surface area contributed by atoms with E-state index in [1.165, 1.54) is 0 Å². The highest BCUT2D eigenvalue weighted by Gasteiger charge is 2.18.